The van der Waals surface area contributed by atoms with Crippen LogP contribution in [-0.2, 0) is 15.9 Å². The van der Waals surface area contributed by atoms with Crippen molar-refractivity contribution in [2.75, 3.05) is 14.2 Å². The zero-order chi connectivity index (χ0) is 13.0. The monoisotopic (exact) mass is 263 g/mol. The van der Waals surface area contributed by atoms with Gasteiger partial charge in [-0.2, -0.15) is 0 Å². The summed E-state index contributed by atoms with van der Waals surface area (Å²) in [6.45, 7) is 2.10. The molecule has 0 N–H and O–H groups in total. The highest BCUT2D eigenvalue weighted by atomic mass is 32.1. The number of benzene rings is 1. The van der Waals surface area contributed by atoms with Crippen molar-refractivity contribution in [2.24, 2.45) is 0 Å². The molecule has 0 amide bonds. The molecule has 2 rings (SSSR count). The first kappa shape index (κ1) is 13.2. The topological polar surface area (TPSA) is 31.4 Å². The van der Waals surface area contributed by atoms with Crippen LogP contribution in [-0.4, -0.2) is 19.2 Å². The normalized spacial score (nSPS) is 11.1. The van der Waals surface area contributed by atoms with Crippen molar-refractivity contribution in [3.63, 3.8) is 0 Å². The average Bonchev–Trinajstić information content (AvgIpc) is 2.79. The van der Waals surface area contributed by atoms with Crippen LogP contribution in [0.4, 0.5) is 0 Å². The van der Waals surface area contributed by atoms with Gasteiger partial charge in [0.2, 0.25) is 6.29 Å². The minimum atomic E-state index is -0.368. The second kappa shape index (κ2) is 6.09. The zero-order valence-corrected chi connectivity index (χ0v) is 11.7. The van der Waals surface area contributed by atoms with Crippen LogP contribution in [0.5, 0.6) is 0 Å². The van der Waals surface area contributed by atoms with Gasteiger partial charge in [-0.25, -0.2) is 4.98 Å². The van der Waals surface area contributed by atoms with Gasteiger partial charge in [0.15, 0.2) is 0 Å². The predicted molar refractivity (Wildman–Crippen MR) is 72.9 cm³/mol. The maximum absolute atomic E-state index is 5.19. The standard InChI is InChI=1S/C14H17NO2S/c1-10-5-4-6-11(7-10)8-13-15-12(9-18-13)14(16-2)17-3/h4-7,9,14H,8H2,1-3H3. The molecule has 0 fully saturated rings. The van der Waals surface area contributed by atoms with Gasteiger partial charge in [0.25, 0.3) is 0 Å². The van der Waals surface area contributed by atoms with Crippen LogP contribution in [0.15, 0.2) is 29.6 Å². The van der Waals surface area contributed by atoms with Crippen molar-refractivity contribution in [1.82, 2.24) is 4.98 Å². The van der Waals surface area contributed by atoms with E-state index in [-0.39, 0.29) is 6.29 Å². The Morgan fingerprint density at radius 1 is 1.28 bits per heavy atom. The molecule has 2 aromatic rings. The minimum Gasteiger partial charge on any atom is -0.350 e. The number of aromatic nitrogens is 1. The molecular weight excluding hydrogens is 246 g/mol. The van der Waals surface area contributed by atoms with Crippen LogP contribution < -0.4 is 0 Å². The summed E-state index contributed by atoms with van der Waals surface area (Å²) in [7, 11) is 3.24. The highest BCUT2D eigenvalue weighted by molar-refractivity contribution is 7.09. The molecule has 96 valence electrons. The Kier molecular flexibility index (Phi) is 4.47. The van der Waals surface area contributed by atoms with Crippen LogP contribution in [0.3, 0.4) is 0 Å². The van der Waals surface area contributed by atoms with Crippen LogP contribution >= 0.6 is 11.3 Å². The van der Waals surface area contributed by atoms with E-state index in [1.165, 1.54) is 11.1 Å². The van der Waals surface area contributed by atoms with Gasteiger partial charge < -0.3 is 9.47 Å². The molecular formula is C14H17NO2S. The Morgan fingerprint density at radius 2 is 2.06 bits per heavy atom. The summed E-state index contributed by atoms with van der Waals surface area (Å²) in [5, 5.41) is 3.07. The molecule has 1 aromatic heterocycles. The van der Waals surface area contributed by atoms with Gasteiger partial charge in [-0.05, 0) is 12.5 Å². The first-order valence-electron chi connectivity index (χ1n) is 5.78. The lowest BCUT2D eigenvalue weighted by Gasteiger charge is -2.09. The average molecular weight is 263 g/mol. The van der Waals surface area contributed by atoms with Gasteiger partial charge in [0, 0.05) is 26.0 Å². The summed E-state index contributed by atoms with van der Waals surface area (Å²) in [6.07, 6.45) is 0.486. The molecule has 4 heteroatoms. The maximum atomic E-state index is 5.19. The summed E-state index contributed by atoms with van der Waals surface area (Å²) >= 11 is 1.64. The molecule has 0 radical (unpaired) electrons. The van der Waals surface area contributed by atoms with E-state index in [4.69, 9.17) is 9.47 Å². The number of hydrogen-bond donors (Lipinski definition) is 0. The second-order valence-electron chi connectivity index (χ2n) is 4.14. The van der Waals surface area contributed by atoms with Gasteiger partial charge in [0.05, 0.1) is 5.01 Å². The fourth-order valence-corrected chi connectivity index (χ4v) is 2.68. The van der Waals surface area contributed by atoms with Crippen molar-refractivity contribution < 1.29 is 9.47 Å². The van der Waals surface area contributed by atoms with Crippen molar-refractivity contribution >= 4 is 11.3 Å². The lowest BCUT2D eigenvalue weighted by Crippen LogP contribution is -2.04. The van der Waals surface area contributed by atoms with Gasteiger partial charge in [-0.15, -0.1) is 11.3 Å². The predicted octanol–water partition coefficient (Wildman–Crippen LogP) is 3.33. The van der Waals surface area contributed by atoms with E-state index in [0.29, 0.717) is 0 Å². The summed E-state index contributed by atoms with van der Waals surface area (Å²) in [5.41, 5.74) is 3.39. The maximum Gasteiger partial charge on any atom is 0.201 e. The fourth-order valence-electron chi connectivity index (χ4n) is 1.85. The zero-order valence-electron chi connectivity index (χ0n) is 10.8. The molecule has 0 bridgehead atoms. The molecule has 18 heavy (non-hydrogen) atoms. The summed E-state index contributed by atoms with van der Waals surface area (Å²) in [5.74, 6) is 0. The van der Waals surface area contributed by atoms with Crippen molar-refractivity contribution in [3.8, 4) is 0 Å². The van der Waals surface area contributed by atoms with E-state index in [1.54, 1.807) is 25.6 Å². The van der Waals surface area contributed by atoms with Crippen LogP contribution in [0, 0.1) is 6.92 Å². The van der Waals surface area contributed by atoms with Gasteiger partial charge in [-0.1, -0.05) is 29.8 Å². The number of methoxy groups -OCH3 is 2. The SMILES string of the molecule is COC(OC)c1csc(Cc2cccc(C)c2)n1. The van der Waals surface area contributed by atoms with Crippen LogP contribution in [0.2, 0.25) is 0 Å². The van der Waals surface area contributed by atoms with Crippen LogP contribution in [0.25, 0.3) is 0 Å². The molecule has 1 aromatic carbocycles. The van der Waals surface area contributed by atoms with Gasteiger partial charge in [-0.3, -0.25) is 0 Å². The molecule has 1 heterocycles. The third-order valence-corrected chi connectivity index (χ3v) is 3.54. The third-order valence-electron chi connectivity index (χ3n) is 2.68. The van der Waals surface area contributed by atoms with E-state index in [9.17, 15) is 0 Å². The smallest absolute Gasteiger partial charge is 0.201 e. The minimum absolute atomic E-state index is 0.368. The van der Waals surface area contributed by atoms with E-state index in [1.807, 2.05) is 5.38 Å². The van der Waals surface area contributed by atoms with E-state index < -0.39 is 0 Å². The summed E-state index contributed by atoms with van der Waals surface area (Å²) in [4.78, 5) is 4.55. The third kappa shape index (κ3) is 3.16. The Morgan fingerprint density at radius 3 is 2.72 bits per heavy atom. The Bertz CT molecular complexity index is 506. The first-order chi connectivity index (χ1) is 8.72. The Labute approximate surface area is 111 Å². The first-order valence-corrected chi connectivity index (χ1v) is 6.66. The Balaban J connectivity index is 2.11. The van der Waals surface area contributed by atoms with E-state index >= 15 is 0 Å². The molecule has 0 saturated heterocycles. The van der Waals surface area contributed by atoms with Crippen molar-refractivity contribution in [2.45, 2.75) is 19.6 Å². The second-order valence-corrected chi connectivity index (χ2v) is 5.08. The lowest BCUT2D eigenvalue weighted by molar-refractivity contribution is -0.108. The molecule has 3 nitrogen and oxygen atoms in total. The molecule has 0 aliphatic heterocycles. The largest absolute Gasteiger partial charge is 0.350 e. The molecule has 0 unspecified atom stereocenters. The molecule has 0 saturated carbocycles. The molecule has 0 aliphatic carbocycles. The number of rotatable bonds is 5. The van der Waals surface area contributed by atoms with E-state index in [0.717, 1.165) is 17.1 Å². The quantitative estimate of drug-likeness (QED) is 0.775. The fraction of sp³-hybridized carbons (Fsp3) is 0.357. The van der Waals surface area contributed by atoms with E-state index in [2.05, 4.69) is 36.2 Å². The number of hydrogen-bond acceptors (Lipinski definition) is 4. The number of thiazole rings is 1. The van der Waals surface area contributed by atoms with Gasteiger partial charge in [0.1, 0.15) is 5.69 Å². The van der Waals surface area contributed by atoms with Crippen LogP contribution in [0.1, 0.15) is 28.1 Å². The van der Waals surface area contributed by atoms with Crippen molar-refractivity contribution in [1.29, 1.82) is 0 Å². The Hall–Kier alpha value is -1.23. The van der Waals surface area contributed by atoms with Gasteiger partial charge >= 0.3 is 0 Å². The number of nitrogens with zero attached hydrogens (tertiary/aromatic N) is 1. The molecule has 0 spiro atoms. The van der Waals surface area contributed by atoms with Crippen molar-refractivity contribution in [3.05, 3.63) is 51.5 Å². The number of aryl methyl sites for hydroxylation is 1. The molecule has 0 aliphatic rings. The summed E-state index contributed by atoms with van der Waals surface area (Å²) < 4.78 is 10.4. The molecule has 0 atom stereocenters. The highest BCUT2D eigenvalue weighted by Crippen LogP contribution is 2.22. The number of ether oxygens (including phenoxy) is 2. The summed E-state index contributed by atoms with van der Waals surface area (Å²) in [6, 6.07) is 8.48. The highest BCUT2D eigenvalue weighted by Gasteiger charge is 2.13. The lowest BCUT2D eigenvalue weighted by atomic mass is 10.1.